The van der Waals surface area contributed by atoms with Gasteiger partial charge < -0.3 is 15.2 Å². The minimum absolute atomic E-state index is 0.107. The highest BCUT2D eigenvalue weighted by Crippen LogP contribution is 2.28. The van der Waals surface area contributed by atoms with Gasteiger partial charge in [-0.1, -0.05) is 13.8 Å². The fourth-order valence-electron chi connectivity index (χ4n) is 1.29. The van der Waals surface area contributed by atoms with Gasteiger partial charge in [-0.3, -0.25) is 0 Å². The van der Waals surface area contributed by atoms with Crippen molar-refractivity contribution in [2.75, 3.05) is 5.73 Å². The number of anilines is 1. The van der Waals surface area contributed by atoms with E-state index in [9.17, 15) is 0 Å². The molecule has 2 N–H and O–H groups in total. The molecule has 0 saturated carbocycles. The van der Waals surface area contributed by atoms with Crippen LogP contribution in [-0.2, 0) is 0 Å². The number of nitrogens with two attached hydrogens (primary N) is 1. The summed E-state index contributed by atoms with van der Waals surface area (Å²) in [6.07, 6.45) is 0.278. The van der Waals surface area contributed by atoms with E-state index in [0.717, 1.165) is 5.75 Å². The van der Waals surface area contributed by atoms with Gasteiger partial charge in [-0.05, 0) is 38.8 Å². The molecule has 3 nitrogen and oxygen atoms in total. The van der Waals surface area contributed by atoms with Crippen LogP contribution in [0.3, 0.4) is 0 Å². The van der Waals surface area contributed by atoms with E-state index in [1.165, 1.54) is 0 Å². The third-order valence-electron chi connectivity index (χ3n) is 2.61. The van der Waals surface area contributed by atoms with Crippen LogP contribution in [0.25, 0.3) is 0 Å². The maximum Gasteiger partial charge on any atom is 0.146 e. The van der Waals surface area contributed by atoms with Gasteiger partial charge >= 0.3 is 0 Å². The van der Waals surface area contributed by atoms with Gasteiger partial charge in [0.2, 0.25) is 0 Å². The van der Waals surface area contributed by atoms with Crippen LogP contribution < -0.4 is 15.2 Å². The van der Waals surface area contributed by atoms with Crippen molar-refractivity contribution in [3.05, 3.63) is 18.2 Å². The zero-order valence-electron chi connectivity index (χ0n) is 11.4. The first kappa shape index (κ1) is 13.7. The van der Waals surface area contributed by atoms with Gasteiger partial charge in [0, 0.05) is 6.07 Å². The molecule has 3 heteroatoms. The Morgan fingerprint density at radius 1 is 1.00 bits per heavy atom. The molecule has 0 saturated heterocycles. The van der Waals surface area contributed by atoms with E-state index in [-0.39, 0.29) is 12.2 Å². The van der Waals surface area contributed by atoms with Gasteiger partial charge in [0.05, 0.1) is 17.9 Å². The van der Waals surface area contributed by atoms with Crippen molar-refractivity contribution in [2.45, 2.75) is 46.8 Å². The topological polar surface area (TPSA) is 44.5 Å². The third-order valence-corrected chi connectivity index (χ3v) is 2.61. The summed E-state index contributed by atoms with van der Waals surface area (Å²) >= 11 is 0. The molecular formula is C14H23NO2. The van der Waals surface area contributed by atoms with Crippen LogP contribution in [0.5, 0.6) is 11.5 Å². The molecule has 0 aromatic heterocycles. The van der Waals surface area contributed by atoms with Crippen LogP contribution >= 0.6 is 0 Å². The third kappa shape index (κ3) is 4.17. The fraction of sp³-hybridized carbons (Fsp3) is 0.571. The number of rotatable bonds is 5. The lowest BCUT2D eigenvalue weighted by Crippen LogP contribution is -2.18. The molecule has 0 aliphatic carbocycles. The highest BCUT2D eigenvalue weighted by atomic mass is 16.5. The first-order chi connectivity index (χ1) is 7.90. The quantitative estimate of drug-likeness (QED) is 0.797. The number of benzene rings is 1. The zero-order chi connectivity index (χ0) is 13.0. The van der Waals surface area contributed by atoms with Crippen molar-refractivity contribution < 1.29 is 9.47 Å². The van der Waals surface area contributed by atoms with Crippen molar-refractivity contribution in [2.24, 2.45) is 5.92 Å². The van der Waals surface area contributed by atoms with Gasteiger partial charge in [0.25, 0.3) is 0 Å². The molecule has 17 heavy (non-hydrogen) atoms. The molecule has 1 aromatic carbocycles. The summed E-state index contributed by atoms with van der Waals surface area (Å²) < 4.78 is 11.4. The first-order valence-electron chi connectivity index (χ1n) is 6.13. The van der Waals surface area contributed by atoms with Crippen molar-refractivity contribution >= 4 is 5.69 Å². The lowest BCUT2D eigenvalue weighted by Gasteiger charge is -2.19. The molecule has 0 amide bonds. The molecular weight excluding hydrogens is 214 g/mol. The lowest BCUT2D eigenvalue weighted by molar-refractivity contribution is 0.169. The smallest absolute Gasteiger partial charge is 0.146 e. The van der Waals surface area contributed by atoms with E-state index in [4.69, 9.17) is 15.2 Å². The van der Waals surface area contributed by atoms with Crippen molar-refractivity contribution in [3.63, 3.8) is 0 Å². The van der Waals surface area contributed by atoms with E-state index in [1.54, 1.807) is 0 Å². The van der Waals surface area contributed by atoms with Crippen molar-refractivity contribution in [1.82, 2.24) is 0 Å². The molecule has 1 unspecified atom stereocenters. The highest BCUT2D eigenvalue weighted by molar-refractivity contribution is 5.55. The number of ether oxygens (including phenoxy) is 2. The highest BCUT2D eigenvalue weighted by Gasteiger charge is 2.11. The lowest BCUT2D eigenvalue weighted by atomic mass is 10.1. The molecule has 1 atom stereocenters. The van der Waals surface area contributed by atoms with Crippen LogP contribution in [-0.4, -0.2) is 12.2 Å². The van der Waals surface area contributed by atoms with Gasteiger partial charge in [-0.15, -0.1) is 0 Å². The second kappa shape index (κ2) is 5.80. The Bertz CT molecular complexity index is 361. The van der Waals surface area contributed by atoms with Gasteiger partial charge in [0.15, 0.2) is 0 Å². The predicted molar refractivity (Wildman–Crippen MR) is 71.5 cm³/mol. The molecule has 0 fully saturated rings. The largest absolute Gasteiger partial charge is 0.490 e. The summed E-state index contributed by atoms with van der Waals surface area (Å²) in [4.78, 5) is 0. The average molecular weight is 237 g/mol. The van der Waals surface area contributed by atoms with Crippen LogP contribution in [0.4, 0.5) is 5.69 Å². The number of hydrogen-bond donors (Lipinski definition) is 1. The van der Waals surface area contributed by atoms with Crippen LogP contribution in [0.1, 0.15) is 34.6 Å². The summed E-state index contributed by atoms with van der Waals surface area (Å²) in [5.74, 6) is 1.96. The summed E-state index contributed by atoms with van der Waals surface area (Å²) in [6.45, 7) is 10.3. The second-order valence-corrected chi connectivity index (χ2v) is 4.93. The fourth-order valence-corrected chi connectivity index (χ4v) is 1.29. The molecule has 96 valence electrons. The summed E-state index contributed by atoms with van der Waals surface area (Å²) in [7, 11) is 0. The Labute approximate surface area is 104 Å². The molecule has 0 radical (unpaired) electrons. The monoisotopic (exact) mass is 237 g/mol. The van der Waals surface area contributed by atoms with E-state index >= 15 is 0 Å². The minimum atomic E-state index is 0.107. The first-order valence-corrected chi connectivity index (χ1v) is 6.13. The van der Waals surface area contributed by atoms with E-state index in [0.29, 0.717) is 17.4 Å². The Balaban J connectivity index is 2.81. The van der Waals surface area contributed by atoms with Crippen LogP contribution in [0, 0.1) is 5.92 Å². The van der Waals surface area contributed by atoms with Gasteiger partial charge in [-0.25, -0.2) is 0 Å². The maximum atomic E-state index is 5.85. The van der Waals surface area contributed by atoms with Crippen LogP contribution in [0.15, 0.2) is 18.2 Å². The van der Waals surface area contributed by atoms with Crippen LogP contribution in [0.2, 0.25) is 0 Å². The minimum Gasteiger partial charge on any atom is -0.490 e. The Morgan fingerprint density at radius 2 is 1.65 bits per heavy atom. The van der Waals surface area contributed by atoms with E-state index < -0.39 is 0 Å². The molecule has 1 rings (SSSR count). The maximum absolute atomic E-state index is 5.85. The predicted octanol–water partition coefficient (Wildman–Crippen LogP) is 3.48. The van der Waals surface area contributed by atoms with Crippen molar-refractivity contribution in [1.29, 1.82) is 0 Å². The Hall–Kier alpha value is -1.38. The number of hydrogen-bond acceptors (Lipinski definition) is 3. The summed E-state index contributed by atoms with van der Waals surface area (Å²) in [6, 6.07) is 5.55. The number of nitrogen functional groups attached to an aromatic ring is 1. The molecule has 0 heterocycles. The van der Waals surface area contributed by atoms with Gasteiger partial charge in [-0.2, -0.15) is 0 Å². The van der Waals surface area contributed by atoms with Gasteiger partial charge in [0.1, 0.15) is 11.5 Å². The SMILES string of the molecule is CC(C)Oc1cc(OC(C)C(C)C)ccc1N. The van der Waals surface area contributed by atoms with E-state index in [2.05, 4.69) is 20.8 Å². The second-order valence-electron chi connectivity index (χ2n) is 4.93. The Morgan fingerprint density at radius 3 is 2.18 bits per heavy atom. The molecule has 0 bridgehead atoms. The standard InChI is InChI=1S/C14H23NO2/c1-9(2)11(5)17-12-6-7-13(15)14(8-12)16-10(3)4/h6-11H,15H2,1-5H3. The average Bonchev–Trinajstić information content (AvgIpc) is 2.22. The summed E-state index contributed by atoms with van der Waals surface area (Å²) in [5.41, 5.74) is 6.49. The molecule has 0 aliphatic rings. The van der Waals surface area contributed by atoms with Crippen molar-refractivity contribution in [3.8, 4) is 11.5 Å². The van der Waals surface area contributed by atoms with E-state index in [1.807, 2.05) is 32.0 Å². The molecule has 0 aliphatic heterocycles. The normalized spacial score (nSPS) is 12.9. The Kier molecular flexibility index (Phi) is 4.67. The zero-order valence-corrected chi connectivity index (χ0v) is 11.4. The summed E-state index contributed by atoms with van der Waals surface area (Å²) in [5, 5.41) is 0. The molecule has 0 spiro atoms. The molecule has 1 aromatic rings.